The molecule has 1 heterocycles. The van der Waals surface area contributed by atoms with Gasteiger partial charge in [-0.25, -0.2) is 5.84 Å². The van der Waals surface area contributed by atoms with Crippen LogP contribution in [0.2, 0.25) is 0 Å². The van der Waals surface area contributed by atoms with Crippen LogP contribution in [0, 0.1) is 0 Å². The van der Waals surface area contributed by atoms with E-state index in [4.69, 9.17) is 5.84 Å². The highest BCUT2D eigenvalue weighted by Crippen LogP contribution is 2.30. The van der Waals surface area contributed by atoms with E-state index in [-0.39, 0.29) is 5.91 Å². The number of hydrogen-bond donors (Lipinski definition) is 1. The van der Waals surface area contributed by atoms with E-state index >= 15 is 0 Å². The van der Waals surface area contributed by atoms with Crippen LogP contribution in [-0.2, 0) is 17.6 Å². The maximum atomic E-state index is 11.4. The molecule has 0 spiro atoms. The molecule has 4 heteroatoms. The molecule has 0 aliphatic carbocycles. The highest BCUT2D eigenvalue weighted by Gasteiger charge is 2.11. The molecule has 0 bridgehead atoms. The number of amides is 1. The van der Waals surface area contributed by atoms with Crippen molar-refractivity contribution in [1.82, 2.24) is 5.01 Å². The second-order valence-electron chi connectivity index (χ2n) is 4.40. The minimum Gasteiger partial charge on any atom is -0.284 e. The van der Waals surface area contributed by atoms with Crippen LogP contribution in [0.15, 0.2) is 23.1 Å². The van der Waals surface area contributed by atoms with E-state index in [0.717, 1.165) is 11.4 Å². The molecular formula is C13H18N2OS. The first kappa shape index (κ1) is 12.5. The first-order valence-electron chi connectivity index (χ1n) is 5.92. The monoisotopic (exact) mass is 250 g/mol. The summed E-state index contributed by atoms with van der Waals surface area (Å²) in [6.07, 6.45) is 3.68. The number of rotatable bonds is 3. The Kier molecular flexibility index (Phi) is 4.07. The molecule has 1 aliphatic rings. The summed E-state index contributed by atoms with van der Waals surface area (Å²) >= 11 is 1.93. The molecule has 17 heavy (non-hydrogen) atoms. The zero-order valence-corrected chi connectivity index (χ0v) is 10.9. The molecule has 0 radical (unpaired) electrons. The number of fused-ring (bicyclic) bond motifs is 1. The zero-order valence-electron chi connectivity index (χ0n) is 10.1. The average Bonchev–Trinajstić information content (AvgIpc) is 2.35. The molecular weight excluding hydrogens is 232 g/mol. The summed E-state index contributed by atoms with van der Waals surface area (Å²) in [5.41, 5.74) is 2.67. The number of benzene rings is 1. The minimum atomic E-state index is -0.0166. The fourth-order valence-corrected chi connectivity index (χ4v) is 3.02. The van der Waals surface area contributed by atoms with Gasteiger partial charge in [-0.2, -0.15) is 0 Å². The second-order valence-corrected chi connectivity index (χ2v) is 5.54. The summed E-state index contributed by atoms with van der Waals surface area (Å²) in [5, 5.41) is 1.16. The van der Waals surface area contributed by atoms with Crippen LogP contribution in [0.1, 0.15) is 24.0 Å². The van der Waals surface area contributed by atoms with Gasteiger partial charge in [0.1, 0.15) is 0 Å². The molecule has 2 rings (SSSR count). The fraction of sp³-hybridized carbons (Fsp3) is 0.462. The predicted octanol–water partition coefficient (Wildman–Crippen LogP) is 1.99. The Hall–Kier alpha value is -1.00. The third-order valence-electron chi connectivity index (χ3n) is 2.99. The van der Waals surface area contributed by atoms with Gasteiger partial charge in [0.25, 0.3) is 0 Å². The lowest BCUT2D eigenvalue weighted by Gasteiger charge is -2.16. The molecule has 0 fully saturated rings. The Labute approximate surface area is 106 Å². The van der Waals surface area contributed by atoms with Gasteiger partial charge in [0.2, 0.25) is 5.91 Å². The Bertz CT molecular complexity index is 418. The quantitative estimate of drug-likeness (QED) is 0.507. The molecule has 1 amide bonds. The summed E-state index contributed by atoms with van der Waals surface area (Å²) in [6.45, 7) is 0. The SMILES string of the molecule is CN(N)C(=O)CCc1ccc2c(c1)CCCS2. The Balaban J connectivity index is 2.00. The van der Waals surface area contributed by atoms with Crippen LogP contribution < -0.4 is 5.84 Å². The molecule has 0 atom stereocenters. The molecule has 1 aromatic carbocycles. The van der Waals surface area contributed by atoms with Crippen molar-refractivity contribution in [2.24, 2.45) is 5.84 Å². The van der Waals surface area contributed by atoms with Crippen molar-refractivity contribution in [2.75, 3.05) is 12.8 Å². The van der Waals surface area contributed by atoms with E-state index < -0.39 is 0 Å². The van der Waals surface area contributed by atoms with Crippen LogP contribution in [0.25, 0.3) is 0 Å². The second kappa shape index (κ2) is 5.56. The van der Waals surface area contributed by atoms with Crippen LogP contribution in [-0.4, -0.2) is 23.7 Å². The van der Waals surface area contributed by atoms with Crippen LogP contribution in [0.3, 0.4) is 0 Å². The van der Waals surface area contributed by atoms with Crippen molar-refractivity contribution < 1.29 is 4.79 Å². The van der Waals surface area contributed by atoms with Gasteiger partial charge < -0.3 is 0 Å². The van der Waals surface area contributed by atoms with Crippen molar-refractivity contribution in [3.8, 4) is 0 Å². The summed E-state index contributed by atoms with van der Waals surface area (Å²) in [4.78, 5) is 12.8. The Morgan fingerprint density at radius 1 is 1.53 bits per heavy atom. The zero-order chi connectivity index (χ0) is 12.3. The van der Waals surface area contributed by atoms with Crippen LogP contribution in [0.5, 0.6) is 0 Å². The number of hydrogen-bond acceptors (Lipinski definition) is 3. The van der Waals surface area contributed by atoms with Gasteiger partial charge in [-0.1, -0.05) is 12.1 Å². The van der Waals surface area contributed by atoms with E-state index in [1.165, 1.54) is 34.6 Å². The number of thioether (sulfide) groups is 1. The lowest BCUT2D eigenvalue weighted by molar-refractivity contribution is -0.130. The lowest BCUT2D eigenvalue weighted by Crippen LogP contribution is -2.33. The third-order valence-corrected chi connectivity index (χ3v) is 4.20. The largest absolute Gasteiger partial charge is 0.284 e. The lowest BCUT2D eigenvalue weighted by atomic mass is 10.0. The fourth-order valence-electron chi connectivity index (χ4n) is 2.00. The van der Waals surface area contributed by atoms with Crippen LogP contribution >= 0.6 is 11.8 Å². The van der Waals surface area contributed by atoms with E-state index in [9.17, 15) is 4.79 Å². The van der Waals surface area contributed by atoms with Crippen molar-refractivity contribution in [1.29, 1.82) is 0 Å². The summed E-state index contributed by atoms with van der Waals surface area (Å²) < 4.78 is 0. The Morgan fingerprint density at radius 3 is 3.12 bits per heavy atom. The first-order valence-corrected chi connectivity index (χ1v) is 6.91. The Morgan fingerprint density at radius 2 is 2.35 bits per heavy atom. The van der Waals surface area contributed by atoms with Gasteiger partial charge in [0.05, 0.1) is 0 Å². The van der Waals surface area contributed by atoms with E-state index in [1.54, 1.807) is 7.05 Å². The van der Waals surface area contributed by atoms with Crippen molar-refractivity contribution >= 4 is 17.7 Å². The van der Waals surface area contributed by atoms with Gasteiger partial charge in [0.15, 0.2) is 0 Å². The molecule has 92 valence electrons. The maximum Gasteiger partial charge on any atom is 0.236 e. The molecule has 0 saturated carbocycles. The molecule has 3 nitrogen and oxygen atoms in total. The number of hydrazine groups is 1. The highest BCUT2D eigenvalue weighted by atomic mass is 32.2. The number of carbonyl (C=O) groups excluding carboxylic acids is 1. The van der Waals surface area contributed by atoms with Gasteiger partial charge in [0, 0.05) is 18.4 Å². The van der Waals surface area contributed by atoms with Gasteiger partial charge >= 0.3 is 0 Å². The van der Waals surface area contributed by atoms with Gasteiger partial charge in [-0.15, -0.1) is 11.8 Å². The third kappa shape index (κ3) is 3.23. The number of nitrogens with two attached hydrogens (primary N) is 1. The molecule has 1 aliphatic heterocycles. The summed E-state index contributed by atoms with van der Waals surface area (Å²) in [5.74, 6) is 6.60. The normalized spacial score (nSPS) is 14.2. The van der Waals surface area contributed by atoms with Gasteiger partial charge in [-0.05, 0) is 42.2 Å². The van der Waals surface area contributed by atoms with E-state index in [1.807, 2.05) is 11.8 Å². The number of carbonyl (C=O) groups is 1. The topological polar surface area (TPSA) is 46.3 Å². The first-order chi connectivity index (χ1) is 8.16. The molecule has 1 aromatic rings. The predicted molar refractivity (Wildman–Crippen MR) is 70.8 cm³/mol. The van der Waals surface area contributed by atoms with E-state index in [2.05, 4.69) is 18.2 Å². The van der Waals surface area contributed by atoms with Crippen LogP contribution in [0.4, 0.5) is 0 Å². The van der Waals surface area contributed by atoms with Gasteiger partial charge in [-0.3, -0.25) is 9.80 Å². The number of nitrogens with zero attached hydrogens (tertiary/aromatic N) is 1. The smallest absolute Gasteiger partial charge is 0.236 e. The standard InChI is InChI=1S/C13H18N2OS/c1-15(14)13(16)7-5-10-4-6-12-11(9-10)3-2-8-17-12/h4,6,9H,2-3,5,7-8,14H2,1H3. The summed E-state index contributed by atoms with van der Waals surface area (Å²) in [6, 6.07) is 6.55. The van der Waals surface area contributed by atoms with Crippen molar-refractivity contribution in [2.45, 2.75) is 30.6 Å². The highest BCUT2D eigenvalue weighted by molar-refractivity contribution is 7.99. The maximum absolute atomic E-state index is 11.4. The molecule has 0 aromatic heterocycles. The van der Waals surface area contributed by atoms with Crippen molar-refractivity contribution in [3.05, 3.63) is 29.3 Å². The summed E-state index contributed by atoms with van der Waals surface area (Å²) in [7, 11) is 1.59. The molecule has 2 N–H and O–H groups in total. The van der Waals surface area contributed by atoms with E-state index in [0.29, 0.717) is 6.42 Å². The van der Waals surface area contributed by atoms with Crippen molar-refractivity contribution in [3.63, 3.8) is 0 Å². The minimum absolute atomic E-state index is 0.0166. The number of aryl methyl sites for hydroxylation is 2. The average molecular weight is 250 g/mol. The molecule has 0 unspecified atom stereocenters. The molecule has 0 saturated heterocycles.